The van der Waals surface area contributed by atoms with Gasteiger partial charge in [-0.1, -0.05) is 28.1 Å². The number of hydrogen-bond acceptors (Lipinski definition) is 3. The van der Waals surface area contributed by atoms with Crippen LogP contribution in [0.4, 0.5) is 0 Å². The summed E-state index contributed by atoms with van der Waals surface area (Å²) in [6, 6.07) is 6.38. The van der Waals surface area contributed by atoms with Crippen LogP contribution in [0, 0.1) is 0 Å². The first kappa shape index (κ1) is 13.0. The Morgan fingerprint density at radius 1 is 1.42 bits per heavy atom. The Labute approximate surface area is 121 Å². The predicted octanol–water partition coefficient (Wildman–Crippen LogP) is 3.67. The van der Waals surface area contributed by atoms with Gasteiger partial charge < -0.3 is 4.74 Å². The van der Waals surface area contributed by atoms with Crippen LogP contribution in [0.25, 0.3) is 0 Å². The molecule has 3 rings (SSSR count). The highest BCUT2D eigenvalue weighted by molar-refractivity contribution is 9.10. The Balaban J connectivity index is 1.92. The molecule has 1 aliphatic carbocycles. The Morgan fingerprint density at radius 3 is 2.79 bits per heavy atom. The standard InChI is InChI=1S/C15H16BrNO2/c16-14-8-12(15(17-10-18)5-1-6-15)2-3-13(14)11-4-7-19-9-11/h2-3,8,11H,1,4-7,9H2. The predicted molar refractivity (Wildman–Crippen MR) is 76.0 cm³/mol. The third-order valence-corrected chi connectivity index (χ3v) is 5.03. The maximum absolute atomic E-state index is 10.6. The lowest BCUT2D eigenvalue weighted by molar-refractivity contribution is 0.194. The highest BCUT2D eigenvalue weighted by Crippen LogP contribution is 2.46. The second kappa shape index (κ2) is 5.20. The monoisotopic (exact) mass is 321 g/mol. The first-order chi connectivity index (χ1) is 9.25. The Hall–Kier alpha value is -0.960. The van der Waals surface area contributed by atoms with Crippen LogP contribution in [0.3, 0.4) is 0 Å². The molecule has 19 heavy (non-hydrogen) atoms. The van der Waals surface area contributed by atoms with Gasteiger partial charge in [-0.25, -0.2) is 4.79 Å². The van der Waals surface area contributed by atoms with E-state index in [9.17, 15) is 4.79 Å². The number of ether oxygens (including phenoxy) is 1. The van der Waals surface area contributed by atoms with Crippen molar-refractivity contribution in [1.82, 2.24) is 0 Å². The quantitative estimate of drug-likeness (QED) is 0.629. The molecule has 2 aliphatic rings. The van der Waals surface area contributed by atoms with Gasteiger partial charge in [0.05, 0.1) is 12.1 Å². The van der Waals surface area contributed by atoms with Gasteiger partial charge in [0.25, 0.3) is 0 Å². The molecule has 1 aromatic rings. The van der Waals surface area contributed by atoms with E-state index < -0.39 is 0 Å². The van der Waals surface area contributed by atoms with Crippen molar-refractivity contribution in [1.29, 1.82) is 0 Å². The maximum Gasteiger partial charge on any atom is 0.235 e. The molecule has 0 N–H and O–H groups in total. The topological polar surface area (TPSA) is 38.7 Å². The summed E-state index contributed by atoms with van der Waals surface area (Å²) < 4.78 is 6.55. The van der Waals surface area contributed by atoms with E-state index in [1.165, 1.54) is 5.56 Å². The first-order valence-corrected chi connectivity index (χ1v) is 7.51. The van der Waals surface area contributed by atoms with Gasteiger partial charge in [-0.05, 0) is 42.9 Å². The van der Waals surface area contributed by atoms with Crippen LogP contribution in [0.1, 0.15) is 42.7 Å². The Kier molecular flexibility index (Phi) is 3.57. The largest absolute Gasteiger partial charge is 0.381 e. The summed E-state index contributed by atoms with van der Waals surface area (Å²) in [5.41, 5.74) is 2.11. The molecular weight excluding hydrogens is 306 g/mol. The van der Waals surface area contributed by atoms with Crippen LogP contribution in [-0.2, 0) is 15.1 Å². The van der Waals surface area contributed by atoms with E-state index >= 15 is 0 Å². The highest BCUT2D eigenvalue weighted by atomic mass is 79.9. The number of nitrogens with zero attached hydrogens (tertiary/aromatic N) is 1. The molecule has 1 aliphatic heterocycles. The average molecular weight is 322 g/mol. The SMILES string of the molecule is O=C=NC1(c2ccc(C3CCOC3)c(Br)c2)CCC1. The molecule has 0 aromatic heterocycles. The molecule has 0 radical (unpaired) electrons. The van der Waals surface area contributed by atoms with Crippen LogP contribution >= 0.6 is 15.9 Å². The zero-order chi connectivity index (χ0) is 13.3. The number of benzene rings is 1. The zero-order valence-corrected chi connectivity index (χ0v) is 12.3. The first-order valence-electron chi connectivity index (χ1n) is 6.72. The van der Waals surface area contributed by atoms with Gasteiger partial charge in [-0.3, -0.25) is 0 Å². The zero-order valence-electron chi connectivity index (χ0n) is 10.7. The number of halogens is 1. The van der Waals surface area contributed by atoms with Gasteiger partial charge in [-0.15, -0.1) is 0 Å². The summed E-state index contributed by atoms with van der Waals surface area (Å²) in [6.07, 6.45) is 5.83. The van der Waals surface area contributed by atoms with E-state index in [1.54, 1.807) is 6.08 Å². The lowest BCUT2D eigenvalue weighted by Gasteiger charge is -2.37. The van der Waals surface area contributed by atoms with Crippen LogP contribution in [0.15, 0.2) is 27.7 Å². The van der Waals surface area contributed by atoms with Crippen LogP contribution in [0.5, 0.6) is 0 Å². The van der Waals surface area contributed by atoms with Gasteiger partial charge >= 0.3 is 0 Å². The van der Waals surface area contributed by atoms with Crippen LogP contribution < -0.4 is 0 Å². The van der Waals surface area contributed by atoms with Crippen molar-refractivity contribution in [3.05, 3.63) is 33.8 Å². The molecule has 1 heterocycles. The third-order valence-electron chi connectivity index (χ3n) is 4.35. The number of aliphatic imine (C=N–C) groups is 1. The minimum Gasteiger partial charge on any atom is -0.381 e. The highest BCUT2D eigenvalue weighted by Gasteiger charge is 2.39. The summed E-state index contributed by atoms with van der Waals surface area (Å²) in [5.74, 6) is 0.482. The van der Waals surface area contributed by atoms with Gasteiger partial charge in [0.2, 0.25) is 6.08 Å². The van der Waals surface area contributed by atoms with E-state index in [1.807, 2.05) is 0 Å². The fraction of sp³-hybridized carbons (Fsp3) is 0.533. The third kappa shape index (κ3) is 2.29. The average Bonchev–Trinajstić information content (AvgIpc) is 2.87. The molecule has 0 spiro atoms. The molecule has 3 nitrogen and oxygen atoms in total. The van der Waals surface area contributed by atoms with Gasteiger partial charge in [0.1, 0.15) is 0 Å². The number of carbonyl (C=O) groups excluding carboxylic acids is 1. The van der Waals surface area contributed by atoms with Crippen molar-refractivity contribution in [2.24, 2.45) is 4.99 Å². The molecule has 0 amide bonds. The van der Waals surface area contributed by atoms with Gasteiger partial charge in [0.15, 0.2) is 0 Å². The van der Waals surface area contributed by atoms with Crippen molar-refractivity contribution in [2.75, 3.05) is 13.2 Å². The van der Waals surface area contributed by atoms with E-state index in [4.69, 9.17) is 4.74 Å². The number of hydrogen-bond donors (Lipinski definition) is 0. The minimum absolute atomic E-state index is 0.311. The summed E-state index contributed by atoms with van der Waals surface area (Å²) in [5, 5.41) is 0. The van der Waals surface area contributed by atoms with Crippen LogP contribution in [0.2, 0.25) is 0 Å². The Morgan fingerprint density at radius 2 is 2.26 bits per heavy atom. The van der Waals surface area contributed by atoms with Gasteiger partial charge in [-0.2, -0.15) is 4.99 Å². The number of isocyanates is 1. The molecule has 100 valence electrons. The molecule has 1 saturated heterocycles. The van der Waals surface area contributed by atoms with Crippen molar-refractivity contribution >= 4 is 22.0 Å². The van der Waals surface area contributed by atoms with E-state index in [0.717, 1.165) is 48.9 Å². The molecule has 1 unspecified atom stereocenters. The molecule has 1 aromatic carbocycles. The van der Waals surface area contributed by atoms with E-state index in [2.05, 4.69) is 39.1 Å². The molecule has 2 fully saturated rings. The lowest BCUT2D eigenvalue weighted by Crippen LogP contribution is -2.31. The molecule has 1 atom stereocenters. The van der Waals surface area contributed by atoms with Crippen molar-refractivity contribution in [3.63, 3.8) is 0 Å². The van der Waals surface area contributed by atoms with Crippen LogP contribution in [-0.4, -0.2) is 19.3 Å². The van der Waals surface area contributed by atoms with E-state index in [0.29, 0.717) is 5.92 Å². The van der Waals surface area contributed by atoms with Crippen molar-refractivity contribution in [2.45, 2.75) is 37.1 Å². The fourth-order valence-corrected chi connectivity index (χ4v) is 3.69. The maximum atomic E-state index is 10.6. The van der Waals surface area contributed by atoms with Crippen molar-refractivity contribution in [3.8, 4) is 0 Å². The number of rotatable bonds is 3. The molecule has 4 heteroatoms. The summed E-state index contributed by atoms with van der Waals surface area (Å²) in [6.45, 7) is 1.65. The second-order valence-corrected chi connectivity index (χ2v) is 6.24. The molecule has 0 bridgehead atoms. The molecule has 1 saturated carbocycles. The second-order valence-electron chi connectivity index (χ2n) is 5.39. The van der Waals surface area contributed by atoms with E-state index in [-0.39, 0.29) is 5.54 Å². The summed E-state index contributed by atoms with van der Waals surface area (Å²) >= 11 is 3.66. The summed E-state index contributed by atoms with van der Waals surface area (Å²) in [7, 11) is 0. The summed E-state index contributed by atoms with van der Waals surface area (Å²) in [4.78, 5) is 14.7. The minimum atomic E-state index is -0.311. The Bertz CT molecular complexity index is 527. The normalized spacial score (nSPS) is 24.6. The molecular formula is C15H16BrNO2. The van der Waals surface area contributed by atoms with Crippen molar-refractivity contribution < 1.29 is 9.53 Å². The lowest BCUT2D eigenvalue weighted by atomic mass is 9.72. The van der Waals surface area contributed by atoms with Gasteiger partial charge in [0, 0.05) is 17.0 Å². The smallest absolute Gasteiger partial charge is 0.235 e. The fourth-order valence-electron chi connectivity index (χ4n) is 2.99.